The zero-order valence-electron chi connectivity index (χ0n) is 9.50. The largest absolute Gasteiger partial charge is 0.397 e. The summed E-state index contributed by atoms with van der Waals surface area (Å²) in [6.45, 7) is 2.15. The van der Waals surface area contributed by atoms with Crippen molar-refractivity contribution in [2.75, 3.05) is 6.54 Å². The predicted molar refractivity (Wildman–Crippen MR) is 58.2 cm³/mol. The van der Waals surface area contributed by atoms with E-state index >= 15 is 0 Å². The first kappa shape index (κ1) is 13.5. The van der Waals surface area contributed by atoms with Gasteiger partial charge in [-0.05, 0) is 12.5 Å². The number of amides is 1. The van der Waals surface area contributed by atoms with Gasteiger partial charge in [0.25, 0.3) is 0 Å². The number of carbonyl (C=O) groups is 1. The van der Waals surface area contributed by atoms with E-state index in [1.165, 1.54) is 4.90 Å². The minimum absolute atomic E-state index is 0.215. The number of halogens is 3. The van der Waals surface area contributed by atoms with Gasteiger partial charge in [0, 0.05) is 13.1 Å². The molecule has 0 saturated carbocycles. The van der Waals surface area contributed by atoms with Crippen molar-refractivity contribution in [3.63, 3.8) is 0 Å². The zero-order chi connectivity index (χ0) is 12.9. The lowest BCUT2D eigenvalue weighted by molar-refractivity contribution is -0.161. The van der Waals surface area contributed by atoms with Gasteiger partial charge in [0.05, 0.1) is 0 Å². The molecule has 0 atom stereocenters. The van der Waals surface area contributed by atoms with Crippen LogP contribution in [0, 0.1) is 0 Å². The lowest BCUT2D eigenvalue weighted by Crippen LogP contribution is -2.33. The van der Waals surface area contributed by atoms with Crippen LogP contribution in [0.2, 0.25) is 0 Å². The van der Waals surface area contributed by atoms with Crippen molar-refractivity contribution in [1.29, 1.82) is 0 Å². The average molecular weight is 245 g/mol. The fourth-order valence-electron chi connectivity index (χ4n) is 1.46. The smallest absolute Gasteiger partial charge is 0.338 e. The fourth-order valence-corrected chi connectivity index (χ4v) is 1.46. The Morgan fingerprint density at radius 2 is 1.82 bits per heavy atom. The second-order valence-electron chi connectivity index (χ2n) is 3.69. The first-order chi connectivity index (χ1) is 7.92. The zero-order valence-corrected chi connectivity index (χ0v) is 9.50. The van der Waals surface area contributed by atoms with E-state index in [1.807, 2.05) is 6.07 Å². The molecule has 0 unspecified atom stereocenters. The highest BCUT2D eigenvalue weighted by atomic mass is 19.4. The van der Waals surface area contributed by atoms with Crippen LogP contribution in [0.5, 0.6) is 0 Å². The van der Waals surface area contributed by atoms with Gasteiger partial charge in [-0.3, -0.25) is 4.79 Å². The van der Waals surface area contributed by atoms with Gasteiger partial charge in [-0.25, -0.2) is 0 Å². The molecule has 1 amide bonds. The molecule has 1 aromatic carbocycles. The van der Waals surface area contributed by atoms with Crippen molar-refractivity contribution in [3.8, 4) is 0 Å². The molecule has 0 fully saturated rings. The predicted octanol–water partition coefficient (Wildman–Crippen LogP) is 2.99. The van der Waals surface area contributed by atoms with Gasteiger partial charge < -0.3 is 4.90 Å². The van der Waals surface area contributed by atoms with Crippen LogP contribution in [0.1, 0.15) is 18.9 Å². The minimum Gasteiger partial charge on any atom is -0.338 e. The summed E-state index contributed by atoms with van der Waals surface area (Å²) in [6, 6.07) is 8.96. The van der Waals surface area contributed by atoms with Crippen LogP contribution in [0.25, 0.3) is 0 Å². The molecule has 1 rings (SSSR count). The summed E-state index contributed by atoms with van der Waals surface area (Å²) >= 11 is 0. The lowest BCUT2D eigenvalue weighted by Gasteiger charge is -2.21. The van der Waals surface area contributed by atoms with Gasteiger partial charge in [0.2, 0.25) is 5.91 Å². The van der Waals surface area contributed by atoms with Gasteiger partial charge >= 0.3 is 6.18 Å². The molecular formula is C12H14F3NO. The van der Waals surface area contributed by atoms with Crippen LogP contribution in [-0.4, -0.2) is 23.5 Å². The summed E-state index contributed by atoms with van der Waals surface area (Å²) in [5.41, 5.74) is 0.824. The molecule has 0 aliphatic heterocycles. The molecule has 0 heterocycles. The Bertz CT molecular complexity index is 362. The second kappa shape index (κ2) is 5.70. The molecule has 0 spiro atoms. The topological polar surface area (TPSA) is 20.3 Å². The standard InChI is InChI=1S/C12H14F3NO/c1-2-16(11(17)8-12(13,14)15)9-10-6-4-3-5-7-10/h3-7H,2,8-9H2,1H3. The Labute approximate surface area is 98.0 Å². The lowest BCUT2D eigenvalue weighted by atomic mass is 10.2. The van der Waals surface area contributed by atoms with E-state index in [0.29, 0.717) is 0 Å². The van der Waals surface area contributed by atoms with Crippen LogP contribution >= 0.6 is 0 Å². The third-order valence-corrected chi connectivity index (χ3v) is 2.30. The highest BCUT2D eigenvalue weighted by Crippen LogP contribution is 2.21. The first-order valence-electron chi connectivity index (χ1n) is 5.31. The van der Waals surface area contributed by atoms with Crippen LogP contribution in [0.15, 0.2) is 30.3 Å². The maximum Gasteiger partial charge on any atom is 0.397 e. The van der Waals surface area contributed by atoms with Crippen LogP contribution in [-0.2, 0) is 11.3 Å². The Morgan fingerprint density at radius 1 is 1.24 bits per heavy atom. The Hall–Kier alpha value is -1.52. The van der Waals surface area contributed by atoms with Gasteiger partial charge in [-0.2, -0.15) is 13.2 Å². The van der Waals surface area contributed by atoms with Crippen molar-refractivity contribution < 1.29 is 18.0 Å². The van der Waals surface area contributed by atoms with Crippen molar-refractivity contribution in [2.45, 2.75) is 26.1 Å². The Balaban J connectivity index is 2.63. The molecule has 94 valence electrons. The molecule has 17 heavy (non-hydrogen) atoms. The summed E-state index contributed by atoms with van der Waals surface area (Å²) in [5.74, 6) is -0.885. The van der Waals surface area contributed by atoms with E-state index in [2.05, 4.69) is 0 Å². The second-order valence-corrected chi connectivity index (χ2v) is 3.69. The molecule has 2 nitrogen and oxygen atoms in total. The van der Waals surface area contributed by atoms with E-state index < -0.39 is 18.5 Å². The fraction of sp³-hybridized carbons (Fsp3) is 0.417. The number of alkyl halides is 3. The van der Waals surface area contributed by atoms with Crippen LogP contribution < -0.4 is 0 Å². The number of hydrogen-bond acceptors (Lipinski definition) is 1. The van der Waals surface area contributed by atoms with Crippen molar-refractivity contribution in [1.82, 2.24) is 4.90 Å². The first-order valence-corrected chi connectivity index (χ1v) is 5.31. The van der Waals surface area contributed by atoms with Crippen LogP contribution in [0.3, 0.4) is 0 Å². The van der Waals surface area contributed by atoms with Crippen molar-refractivity contribution in [2.24, 2.45) is 0 Å². The number of rotatable bonds is 4. The molecule has 0 saturated heterocycles. The normalized spacial score (nSPS) is 11.3. The Morgan fingerprint density at radius 3 is 2.29 bits per heavy atom. The van der Waals surface area contributed by atoms with Gasteiger partial charge in [0.1, 0.15) is 6.42 Å². The summed E-state index contributed by atoms with van der Waals surface area (Å²) in [7, 11) is 0. The van der Waals surface area contributed by atoms with E-state index in [1.54, 1.807) is 31.2 Å². The van der Waals surface area contributed by atoms with E-state index in [0.717, 1.165) is 5.56 Å². The maximum atomic E-state index is 12.1. The molecule has 0 N–H and O–H groups in total. The quantitative estimate of drug-likeness (QED) is 0.798. The molecule has 0 bridgehead atoms. The number of benzene rings is 1. The molecule has 0 radical (unpaired) electrons. The van der Waals surface area contributed by atoms with Gasteiger partial charge in [-0.1, -0.05) is 30.3 Å². The molecule has 0 aliphatic carbocycles. The Kier molecular flexibility index (Phi) is 4.54. The van der Waals surface area contributed by atoms with E-state index in [4.69, 9.17) is 0 Å². The number of hydrogen-bond donors (Lipinski definition) is 0. The minimum atomic E-state index is -4.44. The van der Waals surface area contributed by atoms with Gasteiger partial charge in [-0.15, -0.1) is 0 Å². The summed E-state index contributed by atoms with van der Waals surface area (Å²) in [5, 5.41) is 0. The maximum absolute atomic E-state index is 12.1. The van der Waals surface area contributed by atoms with Crippen molar-refractivity contribution >= 4 is 5.91 Å². The SMILES string of the molecule is CCN(Cc1ccccc1)C(=O)CC(F)(F)F. The molecule has 0 aromatic heterocycles. The third-order valence-electron chi connectivity index (χ3n) is 2.30. The van der Waals surface area contributed by atoms with Crippen LogP contribution in [0.4, 0.5) is 13.2 Å². The molecule has 5 heteroatoms. The van der Waals surface area contributed by atoms with Crippen molar-refractivity contribution in [3.05, 3.63) is 35.9 Å². The number of nitrogens with zero attached hydrogens (tertiary/aromatic N) is 1. The van der Waals surface area contributed by atoms with E-state index in [9.17, 15) is 18.0 Å². The molecular weight excluding hydrogens is 231 g/mol. The summed E-state index contributed by atoms with van der Waals surface area (Å²) in [4.78, 5) is 12.6. The summed E-state index contributed by atoms with van der Waals surface area (Å²) < 4.78 is 36.3. The molecule has 1 aromatic rings. The monoisotopic (exact) mass is 245 g/mol. The third kappa shape index (κ3) is 4.89. The number of carbonyl (C=O) groups excluding carboxylic acids is 1. The highest BCUT2D eigenvalue weighted by molar-refractivity contribution is 5.76. The van der Waals surface area contributed by atoms with Gasteiger partial charge in [0.15, 0.2) is 0 Å². The summed E-state index contributed by atoms with van der Waals surface area (Å²) in [6.07, 6.45) is -5.84. The molecule has 0 aliphatic rings. The highest BCUT2D eigenvalue weighted by Gasteiger charge is 2.33. The van der Waals surface area contributed by atoms with E-state index in [-0.39, 0.29) is 13.1 Å². The average Bonchev–Trinajstić information content (AvgIpc) is 2.24.